The molecular weight excluding hydrogens is 436 g/mol. The molecule has 0 aliphatic carbocycles. The fraction of sp³-hybridized carbons (Fsp3) is 0.100. The molecule has 1 N–H and O–H groups in total. The largest absolute Gasteiger partial charge is 0.361 e. The molecule has 0 saturated carbocycles. The molecule has 0 aliphatic heterocycles. The van der Waals surface area contributed by atoms with Gasteiger partial charge in [-0.15, -0.1) is 0 Å². The molecule has 0 aliphatic rings. The van der Waals surface area contributed by atoms with Crippen LogP contribution in [0.1, 0.15) is 39.0 Å². The summed E-state index contributed by atoms with van der Waals surface area (Å²) in [5.41, 5.74) is 3.80. The third-order valence-corrected chi connectivity index (χ3v) is 6.21. The van der Waals surface area contributed by atoms with Crippen LogP contribution in [-0.2, 0) is 0 Å². The van der Waals surface area contributed by atoms with Crippen molar-refractivity contribution in [2.45, 2.75) is 18.9 Å². The molecule has 2 unspecified atom stereocenters. The average molecular weight is 462 g/mol. The highest BCUT2D eigenvalue weighted by atomic mass is 16.5. The zero-order chi connectivity index (χ0) is 24.2. The lowest BCUT2D eigenvalue weighted by Crippen LogP contribution is -2.47. The number of ketones is 1. The highest BCUT2D eigenvalue weighted by molar-refractivity contribution is 5.99. The molecule has 172 valence electrons. The summed E-state index contributed by atoms with van der Waals surface area (Å²) in [6.07, 6.45) is 3.73. The topological polar surface area (TPSA) is 67.0 Å². The van der Waals surface area contributed by atoms with Gasteiger partial charge < -0.3 is 4.52 Å². The number of H-pyrrole nitrogens is 1. The van der Waals surface area contributed by atoms with E-state index >= 15 is 0 Å². The lowest BCUT2D eigenvalue weighted by Gasteiger charge is -2.23. The molecule has 5 rings (SSSR count). The first kappa shape index (κ1) is 22.3. The number of Topliss-reactive ketones (excluding diaryl/α,β-unsaturated/α-hetero) is 1. The molecular formula is C30H25N2O3+. The van der Waals surface area contributed by atoms with Gasteiger partial charge in [-0.2, -0.15) is 4.57 Å². The second-order valence-electron chi connectivity index (χ2n) is 8.54. The first-order valence-electron chi connectivity index (χ1n) is 11.5. The Balaban J connectivity index is 1.80. The molecule has 5 nitrogen and oxygen atoms in total. The lowest BCUT2D eigenvalue weighted by molar-refractivity contribution is -0.709. The number of aromatic nitrogens is 2. The highest BCUT2D eigenvalue weighted by Gasteiger charge is 2.42. The maximum absolute atomic E-state index is 14.1. The average Bonchev–Trinajstić information content (AvgIpc) is 3.29. The number of rotatable bonds is 7. The van der Waals surface area contributed by atoms with E-state index < -0.39 is 17.6 Å². The van der Waals surface area contributed by atoms with Gasteiger partial charge in [-0.05, 0) is 12.5 Å². The van der Waals surface area contributed by atoms with Crippen molar-refractivity contribution in [2.75, 3.05) is 0 Å². The Morgan fingerprint density at radius 3 is 2.17 bits per heavy atom. The van der Waals surface area contributed by atoms with Crippen LogP contribution in [0, 0.1) is 6.92 Å². The van der Waals surface area contributed by atoms with Crippen LogP contribution in [0.3, 0.4) is 0 Å². The molecule has 5 aromatic rings. The van der Waals surface area contributed by atoms with Crippen LogP contribution < -0.4 is 10.2 Å². The van der Waals surface area contributed by atoms with E-state index in [0.717, 1.165) is 16.7 Å². The van der Waals surface area contributed by atoms with E-state index in [0.29, 0.717) is 16.8 Å². The second-order valence-corrected chi connectivity index (χ2v) is 8.54. The number of carbonyl (C=O) groups is 1. The van der Waals surface area contributed by atoms with Gasteiger partial charge in [0.05, 0.1) is 17.2 Å². The maximum Gasteiger partial charge on any atom is 0.361 e. The number of benzene rings is 3. The summed E-state index contributed by atoms with van der Waals surface area (Å²) in [5.74, 6) is -0.694. The predicted octanol–water partition coefficient (Wildman–Crippen LogP) is 5.49. The second kappa shape index (κ2) is 9.77. The summed E-state index contributed by atoms with van der Waals surface area (Å²) in [7, 11) is 0. The standard InChI is InChI=1S/C30H24N2O3/c1-21-12-11-17-24(20-21)25(26-27(31-35-30(26)34)22-13-5-2-6-14-22)28(32-18-9-4-10-19-32)29(33)23-15-7-3-8-16-23/h2-20,25,28H,1H3/p+1. The van der Waals surface area contributed by atoms with Crippen LogP contribution in [0.15, 0.2) is 125 Å². The Kier molecular flexibility index (Phi) is 6.22. The molecule has 0 spiro atoms. The van der Waals surface area contributed by atoms with Crippen molar-refractivity contribution >= 4 is 5.78 Å². The SMILES string of the molecule is Cc1cccc(C(c2c(-c3ccccc3)[nH]oc2=O)C(C(=O)c2ccccc2)[n+]2ccccc2)c1. The third kappa shape index (κ3) is 4.49. The fourth-order valence-electron chi connectivity index (χ4n) is 4.61. The number of aryl methyl sites for hydroxylation is 1. The van der Waals surface area contributed by atoms with Gasteiger partial charge >= 0.3 is 5.63 Å². The number of nitrogens with one attached hydrogen (secondary N) is 1. The van der Waals surface area contributed by atoms with E-state index in [4.69, 9.17) is 4.52 Å². The Morgan fingerprint density at radius 1 is 0.829 bits per heavy atom. The fourth-order valence-corrected chi connectivity index (χ4v) is 4.61. The molecule has 2 heterocycles. The van der Waals surface area contributed by atoms with Crippen molar-refractivity contribution in [1.29, 1.82) is 0 Å². The van der Waals surface area contributed by atoms with Gasteiger partial charge in [0.2, 0.25) is 11.8 Å². The predicted molar refractivity (Wildman–Crippen MR) is 134 cm³/mol. The van der Waals surface area contributed by atoms with Gasteiger partial charge in [0.25, 0.3) is 0 Å². The number of hydrogen-bond acceptors (Lipinski definition) is 3. The normalized spacial score (nSPS) is 12.7. The molecule has 0 fully saturated rings. The minimum atomic E-state index is -0.721. The zero-order valence-corrected chi connectivity index (χ0v) is 19.3. The number of aromatic amines is 1. The van der Waals surface area contributed by atoms with Crippen LogP contribution in [0.25, 0.3) is 11.3 Å². The third-order valence-electron chi connectivity index (χ3n) is 6.21. The van der Waals surface area contributed by atoms with Gasteiger partial charge in [-0.3, -0.25) is 4.79 Å². The van der Waals surface area contributed by atoms with E-state index in [1.54, 1.807) is 0 Å². The first-order chi connectivity index (χ1) is 17.1. The van der Waals surface area contributed by atoms with E-state index in [1.807, 2.05) is 127 Å². The van der Waals surface area contributed by atoms with Crippen molar-refractivity contribution in [3.63, 3.8) is 0 Å². The summed E-state index contributed by atoms with van der Waals surface area (Å²) in [4.78, 5) is 27.4. The Bertz CT molecular complexity index is 1490. The highest BCUT2D eigenvalue weighted by Crippen LogP contribution is 2.38. The Labute approximate surface area is 203 Å². The Morgan fingerprint density at radius 2 is 1.49 bits per heavy atom. The van der Waals surface area contributed by atoms with E-state index in [9.17, 15) is 9.59 Å². The van der Waals surface area contributed by atoms with Crippen molar-refractivity contribution in [1.82, 2.24) is 5.16 Å². The molecule has 0 saturated heterocycles. The number of nitrogens with zero attached hydrogens (tertiary/aromatic N) is 1. The van der Waals surface area contributed by atoms with Crippen LogP contribution in [0.5, 0.6) is 0 Å². The zero-order valence-electron chi connectivity index (χ0n) is 19.3. The number of carbonyl (C=O) groups excluding carboxylic acids is 1. The summed E-state index contributed by atoms with van der Waals surface area (Å²) >= 11 is 0. The summed E-state index contributed by atoms with van der Waals surface area (Å²) < 4.78 is 7.23. The van der Waals surface area contributed by atoms with Crippen molar-refractivity contribution in [2.24, 2.45) is 0 Å². The van der Waals surface area contributed by atoms with Crippen molar-refractivity contribution in [3.8, 4) is 11.3 Å². The molecule has 2 aromatic heterocycles. The van der Waals surface area contributed by atoms with Gasteiger partial charge in [-0.1, -0.05) is 96.6 Å². The van der Waals surface area contributed by atoms with Crippen LogP contribution in [0.4, 0.5) is 0 Å². The molecule has 0 radical (unpaired) electrons. The monoisotopic (exact) mass is 461 g/mol. The van der Waals surface area contributed by atoms with E-state index in [-0.39, 0.29) is 5.78 Å². The summed E-state index contributed by atoms with van der Waals surface area (Å²) in [5, 5.41) is 2.83. The smallest absolute Gasteiger partial charge is 0.338 e. The quantitative estimate of drug-likeness (QED) is 0.258. The maximum atomic E-state index is 14.1. The van der Waals surface area contributed by atoms with Crippen LogP contribution in [-0.4, -0.2) is 10.9 Å². The van der Waals surface area contributed by atoms with Crippen molar-refractivity contribution in [3.05, 3.63) is 148 Å². The molecule has 35 heavy (non-hydrogen) atoms. The molecule has 3 aromatic carbocycles. The first-order valence-corrected chi connectivity index (χ1v) is 11.5. The van der Waals surface area contributed by atoms with Gasteiger partial charge in [0, 0.05) is 23.3 Å². The van der Waals surface area contributed by atoms with Crippen molar-refractivity contribution < 1.29 is 13.9 Å². The van der Waals surface area contributed by atoms with Crippen LogP contribution >= 0.6 is 0 Å². The summed E-state index contributed by atoms with van der Waals surface area (Å²) in [6.45, 7) is 2.00. The molecule has 0 amide bonds. The molecule has 5 heteroatoms. The molecule has 2 atom stereocenters. The lowest BCUT2D eigenvalue weighted by atomic mass is 9.80. The van der Waals surface area contributed by atoms with Gasteiger partial charge in [-0.25, -0.2) is 9.95 Å². The van der Waals surface area contributed by atoms with E-state index in [1.165, 1.54) is 0 Å². The number of pyridine rings is 1. The minimum absolute atomic E-state index is 0.0899. The van der Waals surface area contributed by atoms with Gasteiger partial charge in [0.15, 0.2) is 12.4 Å². The minimum Gasteiger partial charge on any atom is -0.338 e. The van der Waals surface area contributed by atoms with Gasteiger partial charge in [0.1, 0.15) is 0 Å². The Hall–Kier alpha value is -4.51. The van der Waals surface area contributed by atoms with Crippen LogP contribution in [0.2, 0.25) is 0 Å². The molecule has 0 bridgehead atoms. The summed E-state index contributed by atoms with van der Waals surface area (Å²) in [6, 6.07) is 31.7. The number of hydrogen-bond donors (Lipinski definition) is 1. The van der Waals surface area contributed by atoms with E-state index in [2.05, 4.69) is 5.16 Å².